The second-order valence-electron chi connectivity index (χ2n) is 12.1. The van der Waals surface area contributed by atoms with Gasteiger partial charge in [-0.15, -0.1) is 0 Å². The number of piperazine rings is 1. The number of hydrogen-bond acceptors (Lipinski definition) is 8. The Morgan fingerprint density at radius 3 is 2.64 bits per heavy atom. The summed E-state index contributed by atoms with van der Waals surface area (Å²) in [7, 11) is 1.59. The van der Waals surface area contributed by atoms with E-state index in [1.54, 1.807) is 25.3 Å². The molecule has 0 unspecified atom stereocenters. The topological polar surface area (TPSA) is 116 Å². The van der Waals surface area contributed by atoms with Gasteiger partial charge >= 0.3 is 0 Å². The van der Waals surface area contributed by atoms with Crippen molar-refractivity contribution in [2.24, 2.45) is 4.99 Å². The van der Waals surface area contributed by atoms with Gasteiger partial charge in [0.2, 0.25) is 0 Å². The highest BCUT2D eigenvalue weighted by Gasteiger charge is 2.32. The normalized spacial score (nSPS) is 17.7. The Balaban J connectivity index is 0.915. The van der Waals surface area contributed by atoms with Crippen LogP contribution in [0.3, 0.4) is 0 Å². The van der Waals surface area contributed by atoms with E-state index < -0.39 is 0 Å². The number of amides is 2. The summed E-state index contributed by atoms with van der Waals surface area (Å²) >= 11 is 0. The number of pyridine rings is 1. The molecule has 5 heterocycles. The number of hydrogen-bond donors (Lipinski definition) is 0. The van der Waals surface area contributed by atoms with Gasteiger partial charge < -0.3 is 19.3 Å². The lowest BCUT2D eigenvalue weighted by Crippen LogP contribution is -2.49. The van der Waals surface area contributed by atoms with Gasteiger partial charge in [0, 0.05) is 56.8 Å². The number of unbranched alkanes of at least 4 members (excludes halogenated alkanes) is 1. The van der Waals surface area contributed by atoms with Crippen LogP contribution in [0.1, 0.15) is 52.1 Å². The van der Waals surface area contributed by atoms with E-state index in [2.05, 4.69) is 16.0 Å². The fourth-order valence-corrected chi connectivity index (χ4v) is 6.66. The Morgan fingerprint density at radius 1 is 1.02 bits per heavy atom. The molecular weight excluding hydrogens is 594 g/mol. The van der Waals surface area contributed by atoms with Crippen LogP contribution in [0.2, 0.25) is 0 Å². The minimum absolute atomic E-state index is 0.00207. The monoisotopic (exact) mass is 631 g/mol. The zero-order chi connectivity index (χ0) is 32.3. The molecule has 3 aliphatic heterocycles. The third-order valence-electron chi connectivity index (χ3n) is 9.27. The lowest BCUT2D eigenvalue weighted by molar-refractivity contribution is 0.0630. The Labute approximate surface area is 273 Å². The van der Waals surface area contributed by atoms with E-state index in [0.29, 0.717) is 59.5 Å². The van der Waals surface area contributed by atoms with Gasteiger partial charge in [-0.2, -0.15) is 5.26 Å². The van der Waals surface area contributed by atoms with Crippen LogP contribution in [0.4, 0.5) is 5.69 Å². The Morgan fingerprint density at radius 2 is 1.85 bits per heavy atom. The van der Waals surface area contributed by atoms with E-state index in [4.69, 9.17) is 19.7 Å². The standard InChI is InChI=1S/C36H37N7O4/c1-46-31-21-28-29(38-24-27-7-6-15-42(27)35(28)44)22-32(31)47-20-5-4-13-40-16-18-41(19-17-40)36(45)33-30-8-2-3-14-43(30)34(39-33)26-11-9-25(23-37)10-12-26/h2-3,8-12,14,21-22,24,27H,4-7,13,15-20H2,1H3/t27-/m0/s1. The summed E-state index contributed by atoms with van der Waals surface area (Å²) in [6, 6.07) is 18.8. The molecule has 2 saturated heterocycles. The largest absolute Gasteiger partial charge is 0.493 e. The summed E-state index contributed by atoms with van der Waals surface area (Å²) in [5, 5.41) is 9.16. The Kier molecular flexibility index (Phi) is 8.59. The van der Waals surface area contributed by atoms with Gasteiger partial charge in [-0.3, -0.25) is 23.9 Å². The number of carbonyl (C=O) groups is 2. The first-order valence-electron chi connectivity index (χ1n) is 16.2. The maximum atomic E-state index is 13.7. The van der Waals surface area contributed by atoms with Gasteiger partial charge in [-0.05, 0) is 74.7 Å². The summed E-state index contributed by atoms with van der Waals surface area (Å²) in [6.45, 7) is 5.06. The number of rotatable bonds is 9. The second kappa shape index (κ2) is 13.3. The average Bonchev–Trinajstić information content (AvgIpc) is 3.73. The molecule has 11 heteroatoms. The summed E-state index contributed by atoms with van der Waals surface area (Å²) in [6.07, 6.45) is 7.54. The molecule has 0 bridgehead atoms. The molecular formula is C36H37N7O4. The van der Waals surface area contributed by atoms with Gasteiger partial charge in [0.05, 0.1) is 48.2 Å². The number of methoxy groups -OCH3 is 1. The molecule has 0 N–H and O–H groups in total. The number of aromatic nitrogens is 2. The van der Waals surface area contributed by atoms with Crippen molar-refractivity contribution in [3.8, 4) is 29.0 Å². The van der Waals surface area contributed by atoms with Crippen LogP contribution >= 0.6 is 0 Å². The highest BCUT2D eigenvalue weighted by atomic mass is 16.5. The molecule has 1 atom stereocenters. The minimum atomic E-state index is -0.0669. The van der Waals surface area contributed by atoms with Crippen LogP contribution < -0.4 is 9.47 Å². The smallest absolute Gasteiger partial charge is 0.274 e. The number of imidazole rings is 1. The molecule has 2 amide bonds. The number of nitriles is 1. The number of nitrogens with zero attached hydrogens (tertiary/aromatic N) is 7. The first-order chi connectivity index (χ1) is 23.0. The van der Waals surface area contributed by atoms with Gasteiger partial charge in [-0.25, -0.2) is 4.98 Å². The van der Waals surface area contributed by atoms with E-state index in [9.17, 15) is 9.59 Å². The minimum Gasteiger partial charge on any atom is -0.493 e. The number of carbonyl (C=O) groups excluding carboxylic acids is 2. The molecule has 47 heavy (non-hydrogen) atoms. The molecule has 2 aromatic heterocycles. The second-order valence-corrected chi connectivity index (χ2v) is 12.1. The molecule has 240 valence electrons. The van der Waals surface area contributed by atoms with Gasteiger partial charge in [-0.1, -0.05) is 6.07 Å². The first-order valence-corrected chi connectivity index (χ1v) is 16.2. The number of fused-ring (bicyclic) bond motifs is 3. The third kappa shape index (κ3) is 6.04. The highest BCUT2D eigenvalue weighted by molar-refractivity contribution is 6.03. The fraction of sp³-hybridized carbons (Fsp3) is 0.361. The molecule has 0 aliphatic carbocycles. The van der Waals surface area contributed by atoms with Crippen molar-refractivity contribution < 1.29 is 19.1 Å². The first kappa shape index (κ1) is 30.4. The molecule has 4 aromatic rings. The molecule has 3 aliphatic rings. The fourth-order valence-electron chi connectivity index (χ4n) is 6.66. The van der Waals surface area contributed by atoms with E-state index in [1.807, 2.05) is 63.0 Å². The molecule has 2 aromatic carbocycles. The van der Waals surface area contributed by atoms with Crippen LogP contribution in [-0.4, -0.2) is 101 Å². The van der Waals surface area contributed by atoms with Crippen LogP contribution in [0.5, 0.6) is 11.5 Å². The summed E-state index contributed by atoms with van der Waals surface area (Å²) in [5.41, 5.74) is 3.82. The van der Waals surface area contributed by atoms with Crippen molar-refractivity contribution in [2.45, 2.75) is 31.7 Å². The van der Waals surface area contributed by atoms with Crippen molar-refractivity contribution >= 4 is 29.2 Å². The molecule has 0 radical (unpaired) electrons. The summed E-state index contributed by atoms with van der Waals surface area (Å²) < 4.78 is 13.6. The van der Waals surface area contributed by atoms with Crippen molar-refractivity contribution in [3.63, 3.8) is 0 Å². The third-order valence-corrected chi connectivity index (χ3v) is 9.27. The van der Waals surface area contributed by atoms with Crippen LogP contribution in [0.15, 0.2) is 65.8 Å². The van der Waals surface area contributed by atoms with Crippen molar-refractivity contribution in [1.82, 2.24) is 24.1 Å². The van der Waals surface area contributed by atoms with E-state index in [0.717, 1.165) is 62.9 Å². The zero-order valence-corrected chi connectivity index (χ0v) is 26.5. The van der Waals surface area contributed by atoms with E-state index in [-0.39, 0.29) is 17.9 Å². The van der Waals surface area contributed by atoms with Crippen LogP contribution in [-0.2, 0) is 0 Å². The molecule has 7 rings (SSSR count). The predicted molar refractivity (Wildman–Crippen MR) is 178 cm³/mol. The van der Waals surface area contributed by atoms with Gasteiger partial charge in [0.25, 0.3) is 11.8 Å². The zero-order valence-electron chi connectivity index (χ0n) is 26.5. The number of benzene rings is 2. The molecule has 0 spiro atoms. The molecule has 2 fully saturated rings. The van der Waals surface area contributed by atoms with E-state index in [1.165, 1.54) is 0 Å². The maximum absolute atomic E-state index is 13.7. The van der Waals surface area contributed by atoms with E-state index >= 15 is 0 Å². The molecule has 11 nitrogen and oxygen atoms in total. The average molecular weight is 632 g/mol. The Bertz CT molecular complexity index is 1870. The lowest BCUT2D eigenvalue weighted by atomic mass is 10.1. The van der Waals surface area contributed by atoms with Crippen molar-refractivity contribution in [2.75, 3.05) is 53.0 Å². The predicted octanol–water partition coefficient (Wildman–Crippen LogP) is 4.82. The van der Waals surface area contributed by atoms with Gasteiger partial charge in [0.1, 0.15) is 5.82 Å². The van der Waals surface area contributed by atoms with Gasteiger partial charge in [0.15, 0.2) is 17.2 Å². The Hall–Kier alpha value is -5.21. The quantitative estimate of drug-likeness (QED) is 0.243. The van der Waals surface area contributed by atoms with Crippen LogP contribution in [0, 0.1) is 11.3 Å². The number of aliphatic imine (C=N–C) groups is 1. The lowest BCUT2D eigenvalue weighted by Gasteiger charge is -2.34. The maximum Gasteiger partial charge on any atom is 0.274 e. The highest BCUT2D eigenvalue weighted by Crippen LogP contribution is 2.38. The summed E-state index contributed by atoms with van der Waals surface area (Å²) in [5.74, 6) is 1.75. The van der Waals surface area contributed by atoms with Crippen molar-refractivity contribution in [1.29, 1.82) is 5.26 Å². The van der Waals surface area contributed by atoms with Crippen LogP contribution in [0.25, 0.3) is 16.9 Å². The SMILES string of the molecule is COc1cc2c(cc1OCCCCN1CCN(C(=O)c3nc(-c4ccc(C#N)cc4)n4ccccc34)CC1)N=C[C@@H]1CCCN1C2=O. The number of ether oxygens (including phenoxy) is 2. The summed E-state index contributed by atoms with van der Waals surface area (Å²) in [4.78, 5) is 42.3. The molecule has 0 saturated carbocycles. The van der Waals surface area contributed by atoms with Crippen molar-refractivity contribution in [3.05, 3.63) is 77.6 Å².